The molecule has 1 aromatic carbocycles. The van der Waals surface area contributed by atoms with E-state index in [-0.39, 0.29) is 29.1 Å². The standard InChI is InChI=1S/C16H18ClN3O2/c1-10(2)15-18-8-13(17)14(20-15)16(22)19-7-11-5-3-4-6-12(11)9-21/h3-6,8,10,21H,7,9H2,1-2H3,(H,19,22). The number of carbonyl (C=O) groups is 1. The largest absolute Gasteiger partial charge is 0.392 e. The van der Waals surface area contributed by atoms with Crippen LogP contribution < -0.4 is 5.32 Å². The van der Waals surface area contributed by atoms with Crippen LogP contribution in [0.1, 0.15) is 47.2 Å². The summed E-state index contributed by atoms with van der Waals surface area (Å²) in [6, 6.07) is 7.37. The Hall–Kier alpha value is -1.98. The molecule has 116 valence electrons. The molecule has 5 nitrogen and oxygen atoms in total. The van der Waals surface area contributed by atoms with E-state index in [4.69, 9.17) is 11.6 Å². The van der Waals surface area contributed by atoms with E-state index in [1.165, 1.54) is 6.20 Å². The molecular weight excluding hydrogens is 302 g/mol. The predicted molar refractivity (Wildman–Crippen MR) is 84.7 cm³/mol. The first-order chi connectivity index (χ1) is 10.5. The SMILES string of the molecule is CC(C)c1ncc(Cl)c(C(=O)NCc2ccccc2CO)n1. The van der Waals surface area contributed by atoms with Crippen LogP contribution in [0.3, 0.4) is 0 Å². The quantitative estimate of drug-likeness (QED) is 0.888. The number of hydrogen-bond donors (Lipinski definition) is 2. The van der Waals surface area contributed by atoms with Crippen LogP contribution in [-0.2, 0) is 13.2 Å². The Morgan fingerprint density at radius 3 is 2.64 bits per heavy atom. The van der Waals surface area contributed by atoms with E-state index in [9.17, 15) is 9.90 Å². The molecule has 6 heteroatoms. The minimum Gasteiger partial charge on any atom is -0.392 e. The van der Waals surface area contributed by atoms with E-state index in [1.807, 2.05) is 38.1 Å². The molecule has 0 aliphatic rings. The summed E-state index contributed by atoms with van der Waals surface area (Å²) < 4.78 is 0. The number of aromatic nitrogens is 2. The molecule has 2 rings (SSSR count). The molecule has 22 heavy (non-hydrogen) atoms. The third kappa shape index (κ3) is 3.81. The fourth-order valence-corrected chi connectivity index (χ4v) is 2.14. The summed E-state index contributed by atoms with van der Waals surface area (Å²) in [5.74, 6) is 0.325. The van der Waals surface area contributed by atoms with Crippen molar-refractivity contribution in [2.75, 3.05) is 0 Å². The molecule has 0 radical (unpaired) electrons. The van der Waals surface area contributed by atoms with Gasteiger partial charge in [0.1, 0.15) is 11.5 Å². The Bertz CT molecular complexity index is 674. The minimum absolute atomic E-state index is 0.0716. The maximum absolute atomic E-state index is 12.3. The fourth-order valence-electron chi connectivity index (χ4n) is 1.96. The number of aliphatic hydroxyl groups excluding tert-OH is 1. The zero-order valence-electron chi connectivity index (χ0n) is 12.5. The zero-order valence-corrected chi connectivity index (χ0v) is 13.3. The highest BCUT2D eigenvalue weighted by Gasteiger charge is 2.15. The van der Waals surface area contributed by atoms with Gasteiger partial charge in [0.15, 0.2) is 0 Å². The summed E-state index contributed by atoms with van der Waals surface area (Å²) in [5.41, 5.74) is 1.80. The monoisotopic (exact) mass is 319 g/mol. The van der Waals surface area contributed by atoms with E-state index in [0.29, 0.717) is 12.4 Å². The van der Waals surface area contributed by atoms with E-state index >= 15 is 0 Å². The third-order valence-corrected chi connectivity index (χ3v) is 3.50. The number of halogens is 1. The lowest BCUT2D eigenvalue weighted by molar-refractivity contribution is 0.0945. The van der Waals surface area contributed by atoms with Crippen LogP contribution in [0.25, 0.3) is 0 Å². The van der Waals surface area contributed by atoms with Gasteiger partial charge in [-0.25, -0.2) is 9.97 Å². The normalized spacial score (nSPS) is 10.8. The number of nitrogens with zero attached hydrogens (tertiary/aromatic N) is 2. The van der Waals surface area contributed by atoms with Crippen LogP contribution >= 0.6 is 11.6 Å². The molecule has 2 aromatic rings. The maximum atomic E-state index is 12.3. The highest BCUT2D eigenvalue weighted by Crippen LogP contribution is 2.16. The molecule has 0 saturated heterocycles. The van der Waals surface area contributed by atoms with Crippen molar-refractivity contribution in [1.29, 1.82) is 0 Å². The molecule has 0 aliphatic carbocycles. The summed E-state index contributed by atoms with van der Waals surface area (Å²) in [4.78, 5) is 20.6. The summed E-state index contributed by atoms with van der Waals surface area (Å²) in [5, 5.41) is 12.3. The average molecular weight is 320 g/mol. The van der Waals surface area contributed by atoms with Gasteiger partial charge in [0.25, 0.3) is 5.91 Å². The molecule has 0 unspecified atom stereocenters. The summed E-state index contributed by atoms with van der Waals surface area (Å²) in [7, 11) is 0. The van der Waals surface area contributed by atoms with E-state index < -0.39 is 0 Å². The molecule has 0 fully saturated rings. The van der Waals surface area contributed by atoms with Crippen molar-refractivity contribution >= 4 is 17.5 Å². The van der Waals surface area contributed by atoms with Crippen molar-refractivity contribution in [3.8, 4) is 0 Å². The Labute approximate surface area is 134 Å². The Kier molecular flexibility index (Phi) is 5.46. The minimum atomic E-state index is -0.359. The van der Waals surface area contributed by atoms with Crippen molar-refractivity contribution in [2.45, 2.75) is 32.9 Å². The number of nitrogens with one attached hydrogen (secondary N) is 1. The van der Waals surface area contributed by atoms with Crippen molar-refractivity contribution in [2.24, 2.45) is 0 Å². The van der Waals surface area contributed by atoms with E-state index in [2.05, 4.69) is 15.3 Å². The fraction of sp³-hybridized carbons (Fsp3) is 0.312. The molecule has 0 spiro atoms. The first kappa shape index (κ1) is 16.4. The van der Waals surface area contributed by atoms with Gasteiger partial charge in [-0.15, -0.1) is 0 Å². The van der Waals surface area contributed by atoms with Crippen molar-refractivity contribution in [3.63, 3.8) is 0 Å². The van der Waals surface area contributed by atoms with Gasteiger partial charge in [-0.1, -0.05) is 49.7 Å². The molecular formula is C16H18ClN3O2. The molecule has 1 amide bonds. The number of rotatable bonds is 5. The Morgan fingerprint density at radius 1 is 1.32 bits per heavy atom. The lowest BCUT2D eigenvalue weighted by Crippen LogP contribution is -2.25. The molecule has 2 N–H and O–H groups in total. The highest BCUT2D eigenvalue weighted by molar-refractivity contribution is 6.33. The molecule has 0 saturated carbocycles. The maximum Gasteiger partial charge on any atom is 0.271 e. The predicted octanol–water partition coefficient (Wildman–Crippen LogP) is 2.68. The summed E-state index contributed by atoms with van der Waals surface area (Å²) >= 11 is 6.01. The van der Waals surface area contributed by atoms with Crippen molar-refractivity contribution in [1.82, 2.24) is 15.3 Å². The Morgan fingerprint density at radius 2 is 2.00 bits per heavy atom. The van der Waals surface area contributed by atoms with Gasteiger partial charge in [0, 0.05) is 12.5 Å². The number of benzene rings is 1. The van der Waals surface area contributed by atoms with Crippen LogP contribution in [0.5, 0.6) is 0 Å². The number of hydrogen-bond acceptors (Lipinski definition) is 4. The van der Waals surface area contributed by atoms with Gasteiger partial charge in [-0.3, -0.25) is 4.79 Å². The van der Waals surface area contributed by atoms with Crippen LogP contribution in [0.4, 0.5) is 0 Å². The topological polar surface area (TPSA) is 75.1 Å². The lowest BCUT2D eigenvalue weighted by atomic mass is 10.1. The van der Waals surface area contributed by atoms with Gasteiger partial charge in [-0.2, -0.15) is 0 Å². The highest BCUT2D eigenvalue weighted by atomic mass is 35.5. The van der Waals surface area contributed by atoms with Gasteiger partial charge < -0.3 is 10.4 Å². The van der Waals surface area contributed by atoms with Crippen LogP contribution in [0.2, 0.25) is 5.02 Å². The molecule has 0 atom stereocenters. The smallest absolute Gasteiger partial charge is 0.271 e. The molecule has 0 aliphatic heterocycles. The van der Waals surface area contributed by atoms with E-state index in [0.717, 1.165) is 11.1 Å². The lowest BCUT2D eigenvalue weighted by Gasteiger charge is -2.10. The third-order valence-electron chi connectivity index (χ3n) is 3.22. The first-order valence-corrected chi connectivity index (χ1v) is 7.39. The second-order valence-corrected chi connectivity index (χ2v) is 5.60. The number of carbonyl (C=O) groups excluding carboxylic acids is 1. The van der Waals surface area contributed by atoms with Crippen molar-refractivity contribution in [3.05, 3.63) is 58.1 Å². The first-order valence-electron chi connectivity index (χ1n) is 7.01. The van der Waals surface area contributed by atoms with Gasteiger partial charge >= 0.3 is 0 Å². The number of amides is 1. The van der Waals surface area contributed by atoms with Crippen LogP contribution in [0, 0.1) is 0 Å². The van der Waals surface area contributed by atoms with Gasteiger partial charge in [0.05, 0.1) is 17.8 Å². The molecule has 1 aromatic heterocycles. The molecule has 0 bridgehead atoms. The molecule has 1 heterocycles. The van der Waals surface area contributed by atoms with E-state index in [1.54, 1.807) is 0 Å². The van der Waals surface area contributed by atoms with Gasteiger partial charge in [0.2, 0.25) is 0 Å². The number of aliphatic hydroxyl groups is 1. The van der Waals surface area contributed by atoms with Crippen molar-refractivity contribution < 1.29 is 9.90 Å². The van der Waals surface area contributed by atoms with Gasteiger partial charge in [-0.05, 0) is 11.1 Å². The summed E-state index contributed by atoms with van der Waals surface area (Å²) in [6.07, 6.45) is 1.44. The Balaban J connectivity index is 2.14. The zero-order chi connectivity index (χ0) is 16.1. The summed E-state index contributed by atoms with van der Waals surface area (Å²) in [6.45, 7) is 4.12. The van der Waals surface area contributed by atoms with Crippen LogP contribution in [0.15, 0.2) is 30.5 Å². The van der Waals surface area contributed by atoms with Crippen LogP contribution in [-0.4, -0.2) is 21.0 Å². The second-order valence-electron chi connectivity index (χ2n) is 5.19. The average Bonchev–Trinajstić information content (AvgIpc) is 2.53. The second kappa shape index (κ2) is 7.33.